The lowest BCUT2D eigenvalue weighted by molar-refractivity contribution is 0.0952. The minimum absolute atomic E-state index is 0.0766. The molecule has 0 fully saturated rings. The van der Waals surface area contributed by atoms with E-state index < -0.39 is 10.0 Å². The van der Waals surface area contributed by atoms with Crippen molar-refractivity contribution in [3.8, 4) is 5.69 Å². The molecule has 0 saturated heterocycles. The Morgan fingerprint density at radius 2 is 1.86 bits per heavy atom. The van der Waals surface area contributed by atoms with Crippen LogP contribution in [-0.2, 0) is 16.6 Å². The van der Waals surface area contributed by atoms with Crippen molar-refractivity contribution in [2.24, 2.45) is 0 Å². The lowest BCUT2D eigenvalue weighted by atomic mass is 10.1. The number of anilines is 1. The quantitative estimate of drug-likeness (QED) is 0.616. The van der Waals surface area contributed by atoms with Gasteiger partial charge in [-0.15, -0.1) is 0 Å². The number of amides is 1. The molecular formula is C19H19ClN4O3S. The van der Waals surface area contributed by atoms with Gasteiger partial charge in [0.05, 0.1) is 28.9 Å². The molecule has 0 saturated carbocycles. The number of nitrogens with zero attached hydrogens (tertiary/aromatic N) is 2. The molecule has 3 aromatic rings. The van der Waals surface area contributed by atoms with E-state index in [1.165, 1.54) is 6.92 Å². The Balaban J connectivity index is 1.69. The highest BCUT2D eigenvalue weighted by Gasteiger charge is 2.15. The minimum atomic E-state index is -3.48. The van der Waals surface area contributed by atoms with Gasteiger partial charge in [-0.05, 0) is 43.3 Å². The van der Waals surface area contributed by atoms with Crippen molar-refractivity contribution >= 4 is 33.2 Å². The van der Waals surface area contributed by atoms with E-state index in [9.17, 15) is 13.2 Å². The van der Waals surface area contributed by atoms with Crippen LogP contribution in [0.2, 0.25) is 5.02 Å². The van der Waals surface area contributed by atoms with Gasteiger partial charge in [-0.25, -0.2) is 13.1 Å². The zero-order chi connectivity index (χ0) is 20.1. The van der Waals surface area contributed by atoms with Crippen LogP contribution in [0, 0.1) is 0 Å². The highest BCUT2D eigenvalue weighted by atomic mass is 35.5. The molecule has 146 valence electrons. The number of benzene rings is 2. The summed E-state index contributed by atoms with van der Waals surface area (Å²) >= 11 is 5.89. The lowest BCUT2D eigenvalue weighted by Crippen LogP contribution is -2.25. The number of rotatable bonds is 7. The second-order valence-electron chi connectivity index (χ2n) is 6.00. The number of hydrogen-bond donors (Lipinski definition) is 2. The van der Waals surface area contributed by atoms with Crippen LogP contribution in [0.1, 0.15) is 22.8 Å². The van der Waals surface area contributed by atoms with Gasteiger partial charge in [0.25, 0.3) is 5.91 Å². The molecule has 0 atom stereocenters. The van der Waals surface area contributed by atoms with Gasteiger partial charge < -0.3 is 5.32 Å². The molecule has 0 radical (unpaired) electrons. The zero-order valence-electron chi connectivity index (χ0n) is 15.1. The summed E-state index contributed by atoms with van der Waals surface area (Å²) in [6.07, 6.45) is 3.45. The molecule has 0 bridgehead atoms. The van der Waals surface area contributed by atoms with E-state index >= 15 is 0 Å². The first-order chi connectivity index (χ1) is 13.4. The monoisotopic (exact) mass is 418 g/mol. The van der Waals surface area contributed by atoms with Crippen molar-refractivity contribution in [1.29, 1.82) is 0 Å². The second-order valence-corrected chi connectivity index (χ2v) is 8.45. The summed E-state index contributed by atoms with van der Waals surface area (Å²) in [4.78, 5) is 12.5. The number of para-hydroxylation sites is 1. The van der Waals surface area contributed by atoms with Crippen LogP contribution >= 0.6 is 11.6 Å². The van der Waals surface area contributed by atoms with Gasteiger partial charge in [0.1, 0.15) is 0 Å². The predicted octanol–water partition coefficient (Wildman–Crippen LogP) is 3.22. The third-order valence-corrected chi connectivity index (χ3v) is 5.54. The number of aromatic nitrogens is 2. The largest absolute Gasteiger partial charge is 0.348 e. The molecule has 1 amide bonds. The maximum atomic E-state index is 12.5. The Morgan fingerprint density at radius 1 is 1.14 bits per heavy atom. The van der Waals surface area contributed by atoms with Crippen LogP contribution in [0.3, 0.4) is 0 Å². The summed E-state index contributed by atoms with van der Waals surface area (Å²) in [6.45, 7) is 1.78. The number of sulfonamides is 1. The Morgan fingerprint density at radius 3 is 2.57 bits per heavy atom. The Kier molecular flexibility index (Phi) is 6.01. The summed E-state index contributed by atoms with van der Waals surface area (Å²) in [7, 11) is -3.48. The number of carbonyl (C=O) groups is 1. The fourth-order valence-electron chi connectivity index (χ4n) is 2.47. The second kappa shape index (κ2) is 8.45. The van der Waals surface area contributed by atoms with E-state index in [0.717, 1.165) is 11.3 Å². The van der Waals surface area contributed by atoms with Crippen LogP contribution in [0.15, 0.2) is 60.9 Å². The van der Waals surface area contributed by atoms with E-state index in [4.69, 9.17) is 11.6 Å². The van der Waals surface area contributed by atoms with Gasteiger partial charge in [-0.3, -0.25) is 9.52 Å². The zero-order valence-corrected chi connectivity index (χ0v) is 16.7. The topological polar surface area (TPSA) is 93.1 Å². The molecule has 0 aliphatic rings. The van der Waals surface area contributed by atoms with E-state index in [2.05, 4.69) is 15.1 Å². The molecule has 3 rings (SSSR count). The predicted molar refractivity (Wildman–Crippen MR) is 109 cm³/mol. The van der Waals surface area contributed by atoms with E-state index in [1.54, 1.807) is 53.5 Å². The number of halogens is 1. The van der Waals surface area contributed by atoms with Crippen LogP contribution in [0.4, 0.5) is 5.69 Å². The molecule has 28 heavy (non-hydrogen) atoms. The maximum Gasteiger partial charge on any atom is 0.253 e. The highest BCUT2D eigenvalue weighted by Crippen LogP contribution is 2.17. The van der Waals surface area contributed by atoms with Crippen LogP contribution in [0.5, 0.6) is 0 Å². The fraction of sp³-hybridized carbons (Fsp3) is 0.158. The molecule has 1 heterocycles. The fourth-order valence-corrected chi connectivity index (χ4v) is 3.26. The van der Waals surface area contributed by atoms with Crippen LogP contribution in [-0.4, -0.2) is 29.9 Å². The van der Waals surface area contributed by atoms with Gasteiger partial charge in [-0.2, -0.15) is 5.10 Å². The smallest absolute Gasteiger partial charge is 0.253 e. The van der Waals surface area contributed by atoms with Gasteiger partial charge >= 0.3 is 0 Å². The average molecular weight is 419 g/mol. The summed E-state index contributed by atoms with van der Waals surface area (Å²) in [5.74, 6) is -0.457. The van der Waals surface area contributed by atoms with Gasteiger partial charge in [0.15, 0.2) is 0 Å². The van der Waals surface area contributed by atoms with Gasteiger partial charge in [0.2, 0.25) is 10.0 Å². The third kappa shape index (κ3) is 4.90. The Labute approximate surface area is 168 Å². The molecular weight excluding hydrogens is 400 g/mol. The SMILES string of the molecule is CCS(=O)(=O)Nc1ccccc1C(=O)NCc1cnn(-c2ccc(Cl)cc2)c1. The van der Waals surface area contributed by atoms with Crippen LogP contribution < -0.4 is 10.0 Å². The maximum absolute atomic E-state index is 12.5. The molecule has 2 aromatic carbocycles. The number of hydrogen-bond acceptors (Lipinski definition) is 4. The number of carbonyl (C=O) groups excluding carboxylic acids is 1. The van der Waals surface area contributed by atoms with Crippen molar-refractivity contribution in [3.63, 3.8) is 0 Å². The van der Waals surface area contributed by atoms with Crippen molar-refractivity contribution in [2.45, 2.75) is 13.5 Å². The molecule has 9 heteroatoms. The molecule has 7 nitrogen and oxygen atoms in total. The minimum Gasteiger partial charge on any atom is -0.348 e. The molecule has 0 aliphatic carbocycles. The first-order valence-electron chi connectivity index (χ1n) is 8.55. The molecule has 1 aromatic heterocycles. The average Bonchev–Trinajstić information content (AvgIpc) is 3.16. The van der Waals surface area contributed by atoms with Gasteiger partial charge in [0, 0.05) is 23.3 Å². The first-order valence-corrected chi connectivity index (χ1v) is 10.6. The normalized spacial score (nSPS) is 11.2. The Hall–Kier alpha value is -2.84. The molecule has 0 aliphatic heterocycles. The molecule has 0 unspecified atom stereocenters. The third-order valence-electron chi connectivity index (χ3n) is 4.00. The standard InChI is InChI=1S/C19H19ClN4O3S/c1-2-28(26,27)23-18-6-4-3-5-17(18)19(25)21-11-14-12-22-24(13-14)16-9-7-15(20)8-10-16/h3-10,12-13,23H,2,11H2,1H3,(H,21,25). The van der Waals surface area contributed by atoms with E-state index in [1.807, 2.05) is 12.1 Å². The van der Waals surface area contributed by atoms with Crippen LogP contribution in [0.25, 0.3) is 5.69 Å². The van der Waals surface area contributed by atoms with Crippen molar-refractivity contribution in [3.05, 3.63) is 77.1 Å². The van der Waals surface area contributed by atoms with E-state index in [0.29, 0.717) is 5.02 Å². The summed E-state index contributed by atoms with van der Waals surface area (Å²) < 4.78 is 27.8. The first kappa shape index (κ1) is 19.9. The van der Waals surface area contributed by atoms with Gasteiger partial charge in [-0.1, -0.05) is 23.7 Å². The lowest BCUT2D eigenvalue weighted by Gasteiger charge is -2.11. The van der Waals surface area contributed by atoms with Crippen molar-refractivity contribution in [2.75, 3.05) is 10.5 Å². The van der Waals surface area contributed by atoms with E-state index in [-0.39, 0.29) is 29.5 Å². The van der Waals surface area contributed by atoms with Crippen molar-refractivity contribution < 1.29 is 13.2 Å². The number of nitrogens with one attached hydrogen (secondary N) is 2. The summed E-state index contributed by atoms with van der Waals surface area (Å²) in [5.41, 5.74) is 2.15. The Bertz CT molecular complexity index is 1080. The summed E-state index contributed by atoms with van der Waals surface area (Å²) in [5, 5.41) is 7.70. The van der Waals surface area contributed by atoms with Crippen molar-refractivity contribution in [1.82, 2.24) is 15.1 Å². The summed E-state index contributed by atoms with van der Waals surface area (Å²) in [6, 6.07) is 13.7. The highest BCUT2D eigenvalue weighted by molar-refractivity contribution is 7.92. The molecule has 0 spiro atoms. The molecule has 2 N–H and O–H groups in total.